The van der Waals surface area contributed by atoms with Crippen molar-refractivity contribution in [2.75, 3.05) is 17.6 Å². The molecule has 1 aliphatic rings. The first-order chi connectivity index (χ1) is 8.56. The highest BCUT2D eigenvalue weighted by molar-refractivity contribution is 6.02. The van der Waals surface area contributed by atoms with Gasteiger partial charge in [-0.25, -0.2) is 0 Å². The largest absolute Gasteiger partial charge is 0.481 e. The van der Waals surface area contributed by atoms with Gasteiger partial charge in [0.05, 0.1) is 5.69 Å². The highest BCUT2D eigenvalue weighted by atomic mass is 16.5. The lowest BCUT2D eigenvalue weighted by atomic mass is 10.1. The molecule has 0 aromatic heterocycles. The number of anilines is 2. The Balaban J connectivity index is 2.11. The predicted molar refractivity (Wildman–Crippen MR) is 76.3 cm³/mol. The van der Waals surface area contributed by atoms with E-state index in [1.165, 1.54) is 0 Å². The molecule has 1 aliphatic heterocycles. The quantitative estimate of drug-likeness (QED) is 0.807. The Morgan fingerprint density at radius 3 is 2.94 bits per heavy atom. The molecule has 4 heteroatoms. The summed E-state index contributed by atoms with van der Waals surface area (Å²) in [5.41, 5.74) is 7.39. The summed E-state index contributed by atoms with van der Waals surface area (Å²) in [6, 6.07) is 5.60. The normalized spacial score (nSPS) is 20.4. The van der Waals surface area contributed by atoms with E-state index in [1.54, 1.807) is 0 Å². The first-order valence-electron chi connectivity index (χ1n) is 6.44. The van der Waals surface area contributed by atoms with Gasteiger partial charge >= 0.3 is 0 Å². The third kappa shape index (κ3) is 2.94. The molecule has 0 saturated carbocycles. The summed E-state index contributed by atoms with van der Waals surface area (Å²) < 4.78 is 5.81. The molecule has 0 saturated heterocycles. The smallest absolute Gasteiger partial charge is 0.153 e. The van der Waals surface area contributed by atoms with Crippen LogP contribution in [0, 0.1) is 5.92 Å². The van der Waals surface area contributed by atoms with Gasteiger partial charge in [0.15, 0.2) is 6.10 Å². The van der Waals surface area contributed by atoms with Gasteiger partial charge < -0.3 is 15.8 Å². The summed E-state index contributed by atoms with van der Waals surface area (Å²) in [4.78, 5) is 4.57. The van der Waals surface area contributed by atoms with Crippen LogP contribution in [0.1, 0.15) is 27.2 Å². The van der Waals surface area contributed by atoms with Gasteiger partial charge in [-0.15, -0.1) is 0 Å². The molecule has 0 fully saturated rings. The molecule has 3 N–H and O–H groups in total. The monoisotopic (exact) mass is 247 g/mol. The summed E-state index contributed by atoms with van der Waals surface area (Å²) in [7, 11) is 0. The van der Waals surface area contributed by atoms with E-state index in [2.05, 4.69) is 24.2 Å². The molecule has 18 heavy (non-hydrogen) atoms. The zero-order chi connectivity index (χ0) is 13.1. The maximum absolute atomic E-state index is 5.81. The van der Waals surface area contributed by atoms with Crippen LogP contribution in [0.5, 0.6) is 5.75 Å². The lowest BCUT2D eigenvalue weighted by molar-refractivity contribution is 0.282. The number of fused-ring (bicyclic) bond motifs is 1. The highest BCUT2D eigenvalue weighted by Gasteiger charge is 2.21. The maximum Gasteiger partial charge on any atom is 0.153 e. The van der Waals surface area contributed by atoms with Crippen LogP contribution in [0.3, 0.4) is 0 Å². The number of ether oxygens (including phenoxy) is 1. The molecular weight excluding hydrogens is 226 g/mol. The van der Waals surface area contributed by atoms with Crippen LogP contribution in [-0.4, -0.2) is 18.5 Å². The third-order valence-corrected chi connectivity index (χ3v) is 2.94. The fourth-order valence-corrected chi connectivity index (χ4v) is 1.85. The van der Waals surface area contributed by atoms with Crippen LogP contribution >= 0.6 is 0 Å². The second kappa shape index (κ2) is 5.29. The van der Waals surface area contributed by atoms with Gasteiger partial charge in [0, 0.05) is 12.2 Å². The minimum atomic E-state index is -0.0340. The molecule has 0 spiro atoms. The van der Waals surface area contributed by atoms with Gasteiger partial charge in [-0.2, -0.15) is 0 Å². The molecule has 0 radical (unpaired) electrons. The zero-order valence-corrected chi connectivity index (χ0v) is 11.2. The van der Waals surface area contributed by atoms with Crippen molar-refractivity contribution < 1.29 is 4.74 Å². The highest BCUT2D eigenvalue weighted by Crippen LogP contribution is 2.31. The summed E-state index contributed by atoms with van der Waals surface area (Å²) in [6.45, 7) is 7.22. The van der Waals surface area contributed by atoms with E-state index in [1.807, 2.05) is 25.1 Å². The number of hydrogen-bond acceptors (Lipinski definition) is 3. The number of nitrogens with zero attached hydrogens (tertiary/aromatic N) is 1. The summed E-state index contributed by atoms with van der Waals surface area (Å²) >= 11 is 0. The molecule has 2 rings (SSSR count). The number of benzene rings is 1. The van der Waals surface area contributed by atoms with Gasteiger partial charge in [0.1, 0.15) is 11.6 Å². The molecule has 1 heterocycles. The van der Waals surface area contributed by atoms with Crippen LogP contribution in [-0.2, 0) is 0 Å². The Morgan fingerprint density at radius 2 is 2.22 bits per heavy atom. The van der Waals surface area contributed by atoms with Crippen molar-refractivity contribution in [3.63, 3.8) is 0 Å². The Morgan fingerprint density at radius 1 is 1.44 bits per heavy atom. The van der Waals surface area contributed by atoms with Crippen LogP contribution in [0.2, 0.25) is 0 Å². The SMILES string of the molecule is CC(C)CCN=C1Nc2cc(N)ccc2OC1C. The maximum atomic E-state index is 5.81. The van der Waals surface area contributed by atoms with E-state index < -0.39 is 0 Å². The van der Waals surface area contributed by atoms with E-state index in [9.17, 15) is 0 Å². The number of nitrogens with two attached hydrogens (primary N) is 1. The lowest BCUT2D eigenvalue weighted by Crippen LogP contribution is -2.35. The summed E-state index contributed by atoms with van der Waals surface area (Å²) in [5, 5.41) is 3.31. The van der Waals surface area contributed by atoms with Gasteiger partial charge in [0.25, 0.3) is 0 Å². The zero-order valence-electron chi connectivity index (χ0n) is 11.2. The van der Waals surface area contributed by atoms with E-state index >= 15 is 0 Å². The fraction of sp³-hybridized carbons (Fsp3) is 0.500. The number of hydrogen-bond donors (Lipinski definition) is 2. The Labute approximate surface area is 108 Å². The van der Waals surface area contributed by atoms with Crippen molar-refractivity contribution in [1.29, 1.82) is 0 Å². The first kappa shape index (κ1) is 12.7. The molecule has 98 valence electrons. The molecule has 1 aromatic rings. The van der Waals surface area contributed by atoms with E-state index in [0.29, 0.717) is 5.92 Å². The molecular formula is C14H21N3O. The van der Waals surface area contributed by atoms with Crippen LogP contribution in [0.4, 0.5) is 11.4 Å². The Bertz CT molecular complexity index is 454. The topological polar surface area (TPSA) is 59.6 Å². The van der Waals surface area contributed by atoms with E-state index in [0.717, 1.165) is 35.9 Å². The van der Waals surface area contributed by atoms with E-state index in [4.69, 9.17) is 10.5 Å². The van der Waals surface area contributed by atoms with Crippen molar-refractivity contribution in [1.82, 2.24) is 0 Å². The van der Waals surface area contributed by atoms with Crippen molar-refractivity contribution >= 4 is 17.2 Å². The molecule has 0 amide bonds. The Hall–Kier alpha value is -1.71. The molecule has 1 aromatic carbocycles. The van der Waals surface area contributed by atoms with E-state index in [-0.39, 0.29) is 6.10 Å². The van der Waals surface area contributed by atoms with Gasteiger partial charge in [-0.3, -0.25) is 4.99 Å². The second-order valence-electron chi connectivity index (χ2n) is 5.09. The predicted octanol–water partition coefficient (Wildman–Crippen LogP) is 2.91. The molecule has 0 aliphatic carbocycles. The minimum Gasteiger partial charge on any atom is -0.481 e. The van der Waals surface area contributed by atoms with Crippen LogP contribution in [0.25, 0.3) is 0 Å². The molecule has 0 bridgehead atoms. The van der Waals surface area contributed by atoms with Crippen LogP contribution < -0.4 is 15.8 Å². The van der Waals surface area contributed by atoms with Crippen molar-refractivity contribution in [2.24, 2.45) is 10.9 Å². The molecule has 1 atom stereocenters. The average Bonchev–Trinajstić information content (AvgIpc) is 2.30. The standard InChI is InChI=1S/C14H21N3O/c1-9(2)6-7-16-14-10(3)18-13-5-4-11(15)8-12(13)17-14/h4-5,8-10H,6-7,15H2,1-3H3,(H,16,17). The first-order valence-corrected chi connectivity index (χ1v) is 6.44. The van der Waals surface area contributed by atoms with Crippen molar-refractivity contribution in [3.05, 3.63) is 18.2 Å². The third-order valence-electron chi connectivity index (χ3n) is 2.94. The number of amidine groups is 1. The van der Waals surface area contributed by atoms with Crippen molar-refractivity contribution in [2.45, 2.75) is 33.3 Å². The average molecular weight is 247 g/mol. The lowest BCUT2D eigenvalue weighted by Gasteiger charge is -2.26. The fourth-order valence-electron chi connectivity index (χ4n) is 1.85. The summed E-state index contributed by atoms with van der Waals surface area (Å²) in [6.07, 6.45) is 1.05. The Kier molecular flexibility index (Phi) is 3.75. The number of nitrogens with one attached hydrogen (secondary N) is 1. The minimum absolute atomic E-state index is 0.0340. The number of nitrogen functional groups attached to an aromatic ring is 1. The van der Waals surface area contributed by atoms with Gasteiger partial charge in [-0.05, 0) is 37.5 Å². The second-order valence-corrected chi connectivity index (χ2v) is 5.09. The molecule has 1 unspecified atom stereocenters. The van der Waals surface area contributed by atoms with Gasteiger partial charge in [-0.1, -0.05) is 13.8 Å². The van der Waals surface area contributed by atoms with Crippen LogP contribution in [0.15, 0.2) is 23.2 Å². The van der Waals surface area contributed by atoms with Crippen molar-refractivity contribution in [3.8, 4) is 5.75 Å². The van der Waals surface area contributed by atoms with Gasteiger partial charge in [0.2, 0.25) is 0 Å². The summed E-state index contributed by atoms with van der Waals surface area (Å²) in [5.74, 6) is 2.38. The molecule has 4 nitrogen and oxygen atoms in total. The number of aliphatic imine (C=N–C) groups is 1. The number of rotatable bonds is 3.